The Labute approximate surface area is 255 Å². The van der Waals surface area contributed by atoms with E-state index in [2.05, 4.69) is 47.4 Å². The summed E-state index contributed by atoms with van der Waals surface area (Å²) in [6.45, 7) is 0.0948. The Hall–Kier alpha value is -4.12. The smallest absolute Gasteiger partial charge is 0.343 e. The minimum absolute atomic E-state index is 0.0948. The number of hydrazone groups is 1. The van der Waals surface area contributed by atoms with E-state index in [4.69, 9.17) is 25.8 Å². The van der Waals surface area contributed by atoms with Crippen LogP contribution < -0.4 is 19.6 Å². The number of esters is 1. The minimum atomic E-state index is -0.603. The monoisotopic (exact) mass is 693 g/mol. The number of aromatic amines is 1. The lowest BCUT2D eigenvalue weighted by atomic mass is 10.0. The normalized spacial score (nSPS) is 12.2. The van der Waals surface area contributed by atoms with E-state index in [1.54, 1.807) is 36.4 Å². The lowest BCUT2D eigenvalue weighted by Gasteiger charge is -2.11. The van der Waals surface area contributed by atoms with Crippen LogP contribution in [0.4, 0.5) is 0 Å². The van der Waals surface area contributed by atoms with Crippen molar-refractivity contribution in [2.75, 3.05) is 6.79 Å². The van der Waals surface area contributed by atoms with Crippen LogP contribution in [0.5, 0.6) is 17.2 Å². The molecule has 0 saturated heterocycles. The van der Waals surface area contributed by atoms with Crippen LogP contribution >= 0.6 is 43.5 Å². The average Bonchev–Trinajstić information content (AvgIpc) is 3.59. The quantitative estimate of drug-likeness (QED) is 0.0820. The van der Waals surface area contributed by atoms with Crippen molar-refractivity contribution in [3.8, 4) is 28.4 Å². The Kier molecular flexibility index (Phi) is 7.53. The molecule has 0 radical (unpaired) electrons. The Morgan fingerprint density at radius 2 is 1.78 bits per heavy atom. The van der Waals surface area contributed by atoms with Gasteiger partial charge in [0.1, 0.15) is 5.69 Å². The van der Waals surface area contributed by atoms with Crippen LogP contribution in [-0.2, 0) is 0 Å². The molecule has 0 atom stereocenters. The molecule has 41 heavy (non-hydrogen) atoms. The van der Waals surface area contributed by atoms with Crippen LogP contribution in [0.1, 0.15) is 26.4 Å². The molecule has 0 unspecified atom stereocenters. The van der Waals surface area contributed by atoms with Gasteiger partial charge < -0.3 is 19.2 Å². The van der Waals surface area contributed by atoms with Gasteiger partial charge in [0.15, 0.2) is 17.2 Å². The second kappa shape index (κ2) is 11.4. The van der Waals surface area contributed by atoms with Crippen molar-refractivity contribution in [3.63, 3.8) is 0 Å². The van der Waals surface area contributed by atoms with Gasteiger partial charge >= 0.3 is 5.97 Å². The number of halogens is 3. The average molecular weight is 696 g/mol. The molecule has 11 heteroatoms. The molecule has 6 rings (SSSR count). The summed E-state index contributed by atoms with van der Waals surface area (Å²) in [4.78, 5) is 29.5. The fourth-order valence-corrected chi connectivity index (χ4v) is 5.93. The molecular formula is C30H18Br2ClN3O5. The zero-order valence-electron chi connectivity index (χ0n) is 20.9. The zero-order valence-corrected chi connectivity index (χ0v) is 24.8. The van der Waals surface area contributed by atoms with Gasteiger partial charge in [-0.3, -0.25) is 4.79 Å². The molecule has 0 fully saturated rings. The molecule has 8 nitrogen and oxygen atoms in total. The molecule has 1 amide bonds. The number of nitrogens with zero attached hydrogens (tertiary/aromatic N) is 1. The lowest BCUT2D eigenvalue weighted by molar-refractivity contribution is 0.0732. The molecule has 1 aromatic heterocycles. The molecule has 5 aromatic rings. The Morgan fingerprint density at radius 1 is 0.976 bits per heavy atom. The van der Waals surface area contributed by atoms with Crippen LogP contribution in [-0.4, -0.2) is 29.9 Å². The SMILES string of the molecule is O=C(Oc1c(Br)cc(Br)cc1C=NNC(=O)c1[nH]c2ccc(Cl)cc2c1-c1ccccc1)c1ccc2c(c1)OCO2. The molecule has 1 aliphatic heterocycles. The largest absolute Gasteiger partial charge is 0.454 e. The molecule has 204 valence electrons. The molecule has 0 bridgehead atoms. The van der Waals surface area contributed by atoms with Gasteiger partial charge in [-0.25, -0.2) is 10.2 Å². The molecule has 2 N–H and O–H groups in total. The number of carbonyl (C=O) groups is 2. The van der Waals surface area contributed by atoms with Gasteiger partial charge in [-0.05, 0) is 70.0 Å². The highest BCUT2D eigenvalue weighted by Gasteiger charge is 2.21. The van der Waals surface area contributed by atoms with Crippen molar-refractivity contribution in [1.29, 1.82) is 0 Å². The number of carbonyl (C=O) groups excluding carboxylic acids is 2. The molecule has 0 saturated carbocycles. The number of amides is 1. The zero-order chi connectivity index (χ0) is 28.5. The number of hydrogen-bond donors (Lipinski definition) is 2. The predicted molar refractivity (Wildman–Crippen MR) is 163 cm³/mol. The summed E-state index contributed by atoms with van der Waals surface area (Å²) in [5.41, 5.74) is 5.95. The molecular weight excluding hydrogens is 678 g/mol. The summed E-state index contributed by atoms with van der Waals surface area (Å²) < 4.78 is 17.6. The van der Waals surface area contributed by atoms with Crippen LogP contribution in [0.3, 0.4) is 0 Å². The number of benzene rings is 4. The van der Waals surface area contributed by atoms with Crippen molar-refractivity contribution >= 4 is 72.5 Å². The molecule has 1 aliphatic rings. The van der Waals surface area contributed by atoms with Crippen molar-refractivity contribution in [2.45, 2.75) is 0 Å². The van der Waals surface area contributed by atoms with Gasteiger partial charge in [0.2, 0.25) is 6.79 Å². The summed E-state index contributed by atoms with van der Waals surface area (Å²) in [7, 11) is 0. The summed E-state index contributed by atoms with van der Waals surface area (Å²) in [5, 5.41) is 5.54. The van der Waals surface area contributed by atoms with Crippen LogP contribution in [0, 0.1) is 0 Å². The molecule has 0 aliphatic carbocycles. The number of rotatable bonds is 6. The summed E-state index contributed by atoms with van der Waals surface area (Å²) in [5.74, 6) is 0.185. The summed E-state index contributed by atoms with van der Waals surface area (Å²) in [6.07, 6.45) is 1.40. The van der Waals surface area contributed by atoms with Gasteiger partial charge in [0.05, 0.1) is 16.3 Å². The third kappa shape index (κ3) is 5.58. The topological polar surface area (TPSA) is 102 Å². The Morgan fingerprint density at radius 3 is 2.61 bits per heavy atom. The number of fused-ring (bicyclic) bond motifs is 2. The standard InChI is InChI=1S/C30H18Br2ClN3O5/c31-19-10-18(28(22(32)12-19)41-30(38)17-6-9-24-25(11-17)40-15-39-24)14-34-36-29(37)27-26(16-4-2-1-3-5-16)21-13-20(33)7-8-23(21)35-27/h1-14,35H,15H2,(H,36,37). The van der Waals surface area contributed by atoms with Crippen LogP contribution in [0.2, 0.25) is 5.02 Å². The summed E-state index contributed by atoms with van der Waals surface area (Å²) >= 11 is 13.2. The van der Waals surface area contributed by atoms with Crippen LogP contribution in [0.15, 0.2) is 92.9 Å². The molecule has 4 aromatic carbocycles. The maximum absolute atomic E-state index is 13.3. The van der Waals surface area contributed by atoms with E-state index in [0.717, 1.165) is 16.5 Å². The number of H-pyrrole nitrogens is 1. The van der Waals surface area contributed by atoms with Gasteiger partial charge in [-0.2, -0.15) is 5.10 Å². The van der Waals surface area contributed by atoms with E-state index < -0.39 is 11.9 Å². The summed E-state index contributed by atoms with van der Waals surface area (Å²) in [6, 6.07) is 23.2. The third-order valence-corrected chi connectivity index (χ3v) is 7.54. The van der Waals surface area contributed by atoms with Crippen molar-refractivity contribution in [1.82, 2.24) is 10.4 Å². The maximum atomic E-state index is 13.3. The highest BCUT2D eigenvalue weighted by molar-refractivity contribution is 9.11. The third-order valence-electron chi connectivity index (χ3n) is 6.26. The van der Waals surface area contributed by atoms with Crippen molar-refractivity contribution in [3.05, 3.63) is 110 Å². The highest BCUT2D eigenvalue weighted by Crippen LogP contribution is 2.36. The van der Waals surface area contributed by atoms with E-state index in [9.17, 15) is 9.59 Å². The number of hydrogen-bond acceptors (Lipinski definition) is 6. The second-order valence-electron chi connectivity index (χ2n) is 8.89. The van der Waals surface area contributed by atoms with E-state index in [0.29, 0.717) is 42.3 Å². The first-order valence-electron chi connectivity index (χ1n) is 12.2. The minimum Gasteiger partial charge on any atom is -0.454 e. The Bertz CT molecular complexity index is 1860. The fourth-order valence-electron chi connectivity index (χ4n) is 4.41. The number of ether oxygens (including phenoxy) is 3. The van der Waals surface area contributed by atoms with Gasteiger partial charge in [-0.15, -0.1) is 0 Å². The van der Waals surface area contributed by atoms with E-state index >= 15 is 0 Å². The van der Waals surface area contributed by atoms with E-state index in [-0.39, 0.29) is 18.1 Å². The highest BCUT2D eigenvalue weighted by atomic mass is 79.9. The van der Waals surface area contributed by atoms with E-state index in [1.807, 2.05) is 42.5 Å². The van der Waals surface area contributed by atoms with Crippen molar-refractivity contribution in [2.24, 2.45) is 5.10 Å². The fraction of sp³-hybridized carbons (Fsp3) is 0.0333. The molecule has 2 heterocycles. The first-order chi connectivity index (χ1) is 19.9. The van der Waals surface area contributed by atoms with E-state index in [1.165, 1.54) is 6.21 Å². The lowest BCUT2D eigenvalue weighted by Crippen LogP contribution is -2.19. The first-order valence-corrected chi connectivity index (χ1v) is 14.1. The van der Waals surface area contributed by atoms with Crippen LogP contribution in [0.25, 0.3) is 22.0 Å². The van der Waals surface area contributed by atoms with Gasteiger partial charge in [0.25, 0.3) is 5.91 Å². The second-order valence-corrected chi connectivity index (χ2v) is 11.1. The van der Waals surface area contributed by atoms with Gasteiger partial charge in [0, 0.05) is 31.5 Å². The number of aromatic nitrogens is 1. The first kappa shape index (κ1) is 27.1. The molecule has 0 spiro atoms. The maximum Gasteiger partial charge on any atom is 0.343 e. The van der Waals surface area contributed by atoms with Crippen molar-refractivity contribution < 1.29 is 23.8 Å². The predicted octanol–water partition coefficient (Wildman–Crippen LogP) is 7.73. The van der Waals surface area contributed by atoms with Gasteiger partial charge in [-0.1, -0.05) is 57.9 Å². The number of nitrogens with one attached hydrogen (secondary N) is 2. The Balaban J connectivity index is 1.27.